The second kappa shape index (κ2) is 8.87. The summed E-state index contributed by atoms with van der Waals surface area (Å²) in [4.78, 5) is 11.8. The molecule has 1 aliphatic carbocycles. The molecule has 0 aliphatic heterocycles. The molecule has 0 aromatic heterocycles. The summed E-state index contributed by atoms with van der Waals surface area (Å²) < 4.78 is 5.45. The fourth-order valence-corrected chi connectivity index (χ4v) is 3.21. The van der Waals surface area contributed by atoms with Crippen LogP contribution in [-0.4, -0.2) is 23.7 Å². The Bertz CT molecular complexity index is 579. The number of aryl methyl sites for hydroxylation is 1. The van der Waals surface area contributed by atoms with E-state index in [9.17, 15) is 4.79 Å². The summed E-state index contributed by atoms with van der Waals surface area (Å²) in [5, 5.41) is 3.75. The zero-order valence-electron chi connectivity index (χ0n) is 14.6. The molecule has 1 fully saturated rings. The first kappa shape index (κ1) is 18.5. The third-order valence-corrected chi connectivity index (χ3v) is 4.92. The van der Waals surface area contributed by atoms with Crippen LogP contribution in [0.3, 0.4) is 0 Å². The maximum absolute atomic E-state index is 11.8. The Balaban J connectivity index is 1.68. The summed E-state index contributed by atoms with van der Waals surface area (Å²) in [7, 11) is 0. The van der Waals surface area contributed by atoms with Crippen LogP contribution in [0.1, 0.15) is 38.7 Å². The lowest BCUT2D eigenvalue weighted by molar-refractivity contribution is -0.123. The van der Waals surface area contributed by atoms with E-state index >= 15 is 0 Å². The third-order valence-electron chi connectivity index (χ3n) is 4.70. The summed E-state index contributed by atoms with van der Waals surface area (Å²) in [5.74, 6) is 1.66. The van der Waals surface area contributed by atoms with Gasteiger partial charge in [-0.1, -0.05) is 38.8 Å². The van der Waals surface area contributed by atoms with Crippen LogP contribution in [0.15, 0.2) is 24.3 Å². The minimum atomic E-state index is -0.272. The Labute approximate surface area is 149 Å². The molecule has 1 amide bonds. The first-order valence-electron chi connectivity index (χ1n) is 8.50. The van der Waals surface area contributed by atoms with E-state index in [1.54, 1.807) is 0 Å². The molecule has 1 saturated carbocycles. The van der Waals surface area contributed by atoms with E-state index in [1.807, 2.05) is 31.2 Å². The van der Waals surface area contributed by atoms with Crippen LogP contribution in [0.2, 0.25) is 0 Å². The highest BCUT2D eigenvalue weighted by atomic mass is 32.1. The quantitative estimate of drug-likeness (QED) is 0.576. The van der Waals surface area contributed by atoms with Gasteiger partial charge in [-0.05, 0) is 55.1 Å². The maximum Gasteiger partial charge on any atom is 0.276 e. The number of hydrazine groups is 1. The molecule has 3 atom stereocenters. The van der Waals surface area contributed by atoms with Gasteiger partial charge in [0.1, 0.15) is 5.75 Å². The molecule has 1 aromatic rings. The van der Waals surface area contributed by atoms with Gasteiger partial charge in [0.05, 0.1) is 0 Å². The molecule has 0 spiro atoms. The van der Waals surface area contributed by atoms with Crippen molar-refractivity contribution in [2.45, 2.75) is 46.1 Å². The average molecular weight is 350 g/mol. The van der Waals surface area contributed by atoms with Crippen molar-refractivity contribution in [2.75, 3.05) is 6.61 Å². The predicted octanol–water partition coefficient (Wildman–Crippen LogP) is 2.69. The molecule has 2 rings (SSSR count). The molecule has 1 aromatic carbocycles. The first-order valence-corrected chi connectivity index (χ1v) is 8.91. The van der Waals surface area contributed by atoms with E-state index < -0.39 is 0 Å². The van der Waals surface area contributed by atoms with E-state index in [2.05, 4.69) is 30.0 Å². The van der Waals surface area contributed by atoms with Gasteiger partial charge in [-0.25, -0.2) is 0 Å². The van der Waals surface area contributed by atoms with E-state index in [0.29, 0.717) is 28.7 Å². The largest absolute Gasteiger partial charge is 0.484 e. The SMILES string of the molecule is Cc1cccc(OCC(=O)NNC(=S)N[C@@H]2CCC[C@H](C)[C@@H]2C)c1. The molecule has 132 valence electrons. The zero-order chi connectivity index (χ0) is 17.5. The lowest BCUT2D eigenvalue weighted by Gasteiger charge is -2.35. The number of hydrogen-bond acceptors (Lipinski definition) is 3. The molecule has 3 N–H and O–H groups in total. The number of benzene rings is 1. The molecule has 0 saturated heterocycles. The predicted molar refractivity (Wildman–Crippen MR) is 99.7 cm³/mol. The number of nitrogens with one attached hydrogen (secondary N) is 3. The van der Waals surface area contributed by atoms with Gasteiger partial charge < -0.3 is 10.1 Å². The molecule has 1 aliphatic rings. The van der Waals surface area contributed by atoms with E-state index in [1.165, 1.54) is 12.8 Å². The van der Waals surface area contributed by atoms with Crippen LogP contribution in [0, 0.1) is 18.8 Å². The molecule has 0 radical (unpaired) electrons. The molecular weight excluding hydrogens is 322 g/mol. The lowest BCUT2D eigenvalue weighted by atomic mass is 9.78. The second-order valence-corrected chi connectivity index (χ2v) is 7.03. The Morgan fingerprint density at radius 3 is 2.83 bits per heavy atom. The summed E-state index contributed by atoms with van der Waals surface area (Å²) in [6.07, 6.45) is 3.59. The summed E-state index contributed by atoms with van der Waals surface area (Å²) in [5.41, 5.74) is 6.41. The number of amides is 1. The topological polar surface area (TPSA) is 62.4 Å². The average Bonchev–Trinajstić information content (AvgIpc) is 2.55. The molecule has 0 unspecified atom stereocenters. The summed E-state index contributed by atoms with van der Waals surface area (Å²) >= 11 is 5.26. The van der Waals surface area contributed by atoms with Crippen molar-refractivity contribution in [1.82, 2.24) is 16.2 Å². The van der Waals surface area contributed by atoms with Crippen molar-refractivity contribution < 1.29 is 9.53 Å². The van der Waals surface area contributed by atoms with E-state index in [0.717, 1.165) is 12.0 Å². The highest BCUT2D eigenvalue weighted by Gasteiger charge is 2.27. The number of rotatable bonds is 4. The van der Waals surface area contributed by atoms with Crippen LogP contribution in [0.4, 0.5) is 0 Å². The molecular formula is C18H27N3O2S. The smallest absolute Gasteiger partial charge is 0.276 e. The van der Waals surface area contributed by atoms with Crippen LogP contribution >= 0.6 is 12.2 Å². The fourth-order valence-electron chi connectivity index (χ4n) is 3.01. The highest BCUT2D eigenvalue weighted by molar-refractivity contribution is 7.80. The van der Waals surface area contributed by atoms with Crippen LogP contribution in [0.25, 0.3) is 0 Å². The molecule has 5 nitrogen and oxygen atoms in total. The second-order valence-electron chi connectivity index (χ2n) is 6.63. The number of thiocarbonyl (C=S) groups is 1. The van der Waals surface area contributed by atoms with Gasteiger partial charge >= 0.3 is 0 Å². The summed E-state index contributed by atoms with van der Waals surface area (Å²) in [6.45, 7) is 6.44. The normalized spacial score (nSPS) is 23.2. The number of carbonyl (C=O) groups is 1. The van der Waals surface area contributed by atoms with Gasteiger partial charge in [0, 0.05) is 6.04 Å². The molecule has 0 heterocycles. The van der Waals surface area contributed by atoms with Gasteiger partial charge in [0.2, 0.25) is 0 Å². The monoisotopic (exact) mass is 349 g/mol. The van der Waals surface area contributed by atoms with Crippen molar-refractivity contribution in [3.05, 3.63) is 29.8 Å². The molecule has 6 heteroatoms. The maximum atomic E-state index is 11.8. The van der Waals surface area contributed by atoms with Gasteiger partial charge in [-0.2, -0.15) is 0 Å². The Kier molecular flexibility index (Phi) is 6.85. The van der Waals surface area contributed by atoms with E-state index in [4.69, 9.17) is 17.0 Å². The zero-order valence-corrected chi connectivity index (χ0v) is 15.4. The van der Waals surface area contributed by atoms with Crippen LogP contribution in [0.5, 0.6) is 5.75 Å². The van der Waals surface area contributed by atoms with Gasteiger partial charge in [0.25, 0.3) is 5.91 Å². The minimum absolute atomic E-state index is 0.0596. The van der Waals surface area contributed by atoms with Crippen molar-refractivity contribution >= 4 is 23.2 Å². The molecule has 0 bridgehead atoms. The summed E-state index contributed by atoms with van der Waals surface area (Å²) in [6, 6.07) is 7.94. The Morgan fingerprint density at radius 1 is 1.29 bits per heavy atom. The minimum Gasteiger partial charge on any atom is -0.484 e. The van der Waals surface area contributed by atoms with Crippen molar-refractivity contribution in [3.8, 4) is 5.75 Å². The van der Waals surface area contributed by atoms with Crippen molar-refractivity contribution in [1.29, 1.82) is 0 Å². The number of carbonyl (C=O) groups excluding carboxylic acids is 1. The van der Waals surface area contributed by atoms with Gasteiger partial charge in [0.15, 0.2) is 11.7 Å². The highest BCUT2D eigenvalue weighted by Crippen LogP contribution is 2.29. The van der Waals surface area contributed by atoms with E-state index in [-0.39, 0.29) is 12.5 Å². The molecule has 24 heavy (non-hydrogen) atoms. The third kappa shape index (κ3) is 5.67. The van der Waals surface area contributed by atoms with Gasteiger partial charge in [-0.3, -0.25) is 15.6 Å². The fraction of sp³-hybridized carbons (Fsp3) is 0.556. The number of hydrogen-bond donors (Lipinski definition) is 3. The van der Waals surface area contributed by atoms with Crippen LogP contribution in [-0.2, 0) is 4.79 Å². The number of ether oxygens (including phenoxy) is 1. The Hall–Kier alpha value is -1.82. The Morgan fingerprint density at radius 2 is 2.08 bits per heavy atom. The van der Waals surface area contributed by atoms with Gasteiger partial charge in [-0.15, -0.1) is 0 Å². The van der Waals surface area contributed by atoms with Crippen molar-refractivity contribution in [2.24, 2.45) is 11.8 Å². The first-order chi connectivity index (χ1) is 11.5. The standard InChI is InChI=1S/C18H27N3O2S/c1-12-6-4-8-15(10-12)23-11-17(22)20-21-18(24)19-16-9-5-7-13(2)14(16)3/h4,6,8,10,13-14,16H,5,7,9,11H2,1-3H3,(H,20,22)(H2,19,21,24)/t13-,14-,16+/m0/s1. The van der Waals surface area contributed by atoms with Crippen molar-refractivity contribution in [3.63, 3.8) is 0 Å². The van der Waals surface area contributed by atoms with Crippen LogP contribution < -0.4 is 20.9 Å². The lowest BCUT2D eigenvalue weighted by Crippen LogP contribution is -2.53.